The van der Waals surface area contributed by atoms with Crippen LogP contribution < -0.4 is 0 Å². The van der Waals surface area contributed by atoms with Crippen LogP contribution in [0.1, 0.15) is 15.9 Å². The molecule has 18 heavy (non-hydrogen) atoms. The molecule has 4 nitrogen and oxygen atoms in total. The van der Waals surface area contributed by atoms with E-state index >= 15 is 0 Å². The Hall–Kier alpha value is -2.62. The maximum Gasteiger partial charge on any atom is 0.338 e. The Bertz CT molecular complexity index is 591. The van der Waals surface area contributed by atoms with E-state index in [0.717, 1.165) is 5.56 Å². The first-order valence-corrected chi connectivity index (χ1v) is 5.33. The van der Waals surface area contributed by atoms with Gasteiger partial charge in [-0.3, -0.25) is 4.99 Å². The highest BCUT2D eigenvalue weighted by atomic mass is 16.4. The molecular weight excluding hydrogens is 230 g/mol. The van der Waals surface area contributed by atoms with Gasteiger partial charge in [-0.25, -0.2) is 4.79 Å². The summed E-state index contributed by atoms with van der Waals surface area (Å²) in [6, 6.07) is 13.5. The van der Waals surface area contributed by atoms with E-state index in [1.807, 2.05) is 30.3 Å². The van der Waals surface area contributed by atoms with Gasteiger partial charge in [0, 0.05) is 6.21 Å². The lowest BCUT2D eigenvalue weighted by Crippen LogP contribution is -1.96. The van der Waals surface area contributed by atoms with E-state index in [1.165, 1.54) is 24.4 Å². The largest absolute Gasteiger partial charge is 0.506 e. The number of carboxylic acids is 1. The molecule has 0 aliphatic heterocycles. The summed E-state index contributed by atoms with van der Waals surface area (Å²) in [5, 5.41) is 18.6. The SMILES string of the molecule is O=C(O)c1cccc(O)c1N=Cc1ccccc1. The average molecular weight is 241 g/mol. The molecule has 0 aromatic heterocycles. The van der Waals surface area contributed by atoms with E-state index in [2.05, 4.69) is 4.99 Å². The van der Waals surface area contributed by atoms with Crippen LogP contribution in [0.15, 0.2) is 53.5 Å². The molecule has 2 aromatic rings. The van der Waals surface area contributed by atoms with E-state index in [0.29, 0.717) is 0 Å². The Kier molecular flexibility index (Phi) is 3.38. The number of phenolic OH excluding ortho intramolecular Hbond substituents is 1. The molecule has 0 saturated heterocycles. The second-order valence-electron chi connectivity index (χ2n) is 3.65. The van der Waals surface area contributed by atoms with Crippen molar-refractivity contribution >= 4 is 17.9 Å². The van der Waals surface area contributed by atoms with Crippen LogP contribution in [0, 0.1) is 0 Å². The minimum absolute atomic E-state index is 0.0258. The summed E-state index contributed by atoms with van der Waals surface area (Å²) in [4.78, 5) is 15.0. The van der Waals surface area contributed by atoms with Crippen molar-refractivity contribution in [1.29, 1.82) is 0 Å². The van der Waals surface area contributed by atoms with Crippen LogP contribution in [0.5, 0.6) is 5.75 Å². The Labute approximate surface area is 104 Å². The van der Waals surface area contributed by atoms with Crippen LogP contribution in [0.3, 0.4) is 0 Å². The molecular formula is C14H11NO3. The van der Waals surface area contributed by atoms with Crippen molar-refractivity contribution in [3.05, 3.63) is 59.7 Å². The predicted octanol–water partition coefficient (Wildman–Crippen LogP) is 2.84. The number of rotatable bonds is 3. The summed E-state index contributed by atoms with van der Waals surface area (Å²) in [6.07, 6.45) is 1.52. The molecule has 0 unspecified atom stereocenters. The fourth-order valence-electron chi connectivity index (χ4n) is 1.52. The van der Waals surface area contributed by atoms with Gasteiger partial charge in [-0.2, -0.15) is 0 Å². The molecule has 2 rings (SSSR count). The normalized spacial score (nSPS) is 10.7. The summed E-state index contributed by atoms with van der Waals surface area (Å²) in [5.74, 6) is -1.27. The number of benzene rings is 2. The highest BCUT2D eigenvalue weighted by Crippen LogP contribution is 2.30. The summed E-state index contributed by atoms with van der Waals surface area (Å²) in [6.45, 7) is 0. The third-order valence-corrected chi connectivity index (χ3v) is 2.39. The molecule has 0 radical (unpaired) electrons. The Morgan fingerprint density at radius 2 is 1.78 bits per heavy atom. The number of carbonyl (C=O) groups is 1. The van der Waals surface area contributed by atoms with Crippen LogP contribution in [0.2, 0.25) is 0 Å². The van der Waals surface area contributed by atoms with Gasteiger partial charge in [0.15, 0.2) is 0 Å². The molecule has 0 spiro atoms. The zero-order chi connectivity index (χ0) is 13.0. The summed E-state index contributed by atoms with van der Waals surface area (Å²) < 4.78 is 0. The van der Waals surface area contributed by atoms with Crippen LogP contribution in [-0.4, -0.2) is 22.4 Å². The number of nitrogens with zero attached hydrogens (tertiary/aromatic N) is 1. The lowest BCUT2D eigenvalue weighted by molar-refractivity contribution is 0.0697. The van der Waals surface area contributed by atoms with Crippen LogP contribution >= 0.6 is 0 Å². The molecule has 4 heteroatoms. The number of hydrogen-bond donors (Lipinski definition) is 2. The number of aromatic hydroxyl groups is 1. The minimum atomic E-state index is -1.12. The number of hydrogen-bond acceptors (Lipinski definition) is 3. The van der Waals surface area contributed by atoms with Crippen molar-refractivity contribution in [2.45, 2.75) is 0 Å². The van der Waals surface area contributed by atoms with Crippen molar-refractivity contribution in [3.8, 4) is 5.75 Å². The number of aliphatic imine (C=N–C) groups is 1. The third kappa shape index (κ3) is 2.55. The first kappa shape index (κ1) is 11.9. The number of carboxylic acid groups (broad SMARTS) is 1. The van der Waals surface area contributed by atoms with Crippen molar-refractivity contribution in [1.82, 2.24) is 0 Å². The first-order chi connectivity index (χ1) is 8.68. The van der Waals surface area contributed by atoms with Gasteiger partial charge in [-0.15, -0.1) is 0 Å². The lowest BCUT2D eigenvalue weighted by atomic mass is 10.1. The number of phenols is 1. The van der Waals surface area contributed by atoms with Gasteiger partial charge in [-0.05, 0) is 17.7 Å². The molecule has 0 fully saturated rings. The lowest BCUT2D eigenvalue weighted by Gasteiger charge is -2.02. The summed E-state index contributed by atoms with van der Waals surface area (Å²) in [5.41, 5.74) is 0.869. The third-order valence-electron chi connectivity index (χ3n) is 2.39. The molecule has 2 aromatic carbocycles. The molecule has 0 bridgehead atoms. The zero-order valence-electron chi connectivity index (χ0n) is 9.45. The predicted molar refractivity (Wildman–Crippen MR) is 68.8 cm³/mol. The fraction of sp³-hybridized carbons (Fsp3) is 0. The fourth-order valence-corrected chi connectivity index (χ4v) is 1.52. The minimum Gasteiger partial charge on any atom is -0.506 e. The van der Waals surface area contributed by atoms with Gasteiger partial charge in [0.25, 0.3) is 0 Å². The molecule has 0 aliphatic carbocycles. The second kappa shape index (κ2) is 5.14. The zero-order valence-corrected chi connectivity index (χ0v) is 9.45. The second-order valence-corrected chi connectivity index (χ2v) is 3.65. The van der Waals surface area contributed by atoms with E-state index in [1.54, 1.807) is 0 Å². The average Bonchev–Trinajstić information content (AvgIpc) is 2.38. The molecule has 90 valence electrons. The molecule has 0 amide bonds. The van der Waals surface area contributed by atoms with Gasteiger partial charge >= 0.3 is 5.97 Å². The topological polar surface area (TPSA) is 69.9 Å². The highest BCUT2D eigenvalue weighted by molar-refractivity contribution is 5.96. The Balaban J connectivity index is 2.40. The van der Waals surface area contributed by atoms with Crippen molar-refractivity contribution in [2.75, 3.05) is 0 Å². The van der Waals surface area contributed by atoms with Crippen molar-refractivity contribution in [3.63, 3.8) is 0 Å². The Morgan fingerprint density at radius 1 is 1.06 bits per heavy atom. The maximum absolute atomic E-state index is 11.0. The van der Waals surface area contributed by atoms with Crippen LogP contribution in [0.4, 0.5) is 5.69 Å². The quantitative estimate of drug-likeness (QED) is 0.812. The number of aromatic carboxylic acids is 1. The van der Waals surface area contributed by atoms with E-state index in [4.69, 9.17) is 5.11 Å². The maximum atomic E-state index is 11.0. The molecule has 0 heterocycles. The highest BCUT2D eigenvalue weighted by Gasteiger charge is 2.12. The standard InChI is InChI=1S/C14H11NO3/c16-12-8-4-7-11(14(17)18)13(12)15-9-10-5-2-1-3-6-10/h1-9,16H,(H,17,18). The summed E-state index contributed by atoms with van der Waals surface area (Å²) >= 11 is 0. The van der Waals surface area contributed by atoms with Gasteiger partial charge < -0.3 is 10.2 Å². The van der Waals surface area contributed by atoms with Gasteiger partial charge in [0.05, 0.1) is 5.56 Å². The van der Waals surface area contributed by atoms with E-state index in [9.17, 15) is 9.90 Å². The molecule has 2 N–H and O–H groups in total. The molecule has 0 aliphatic rings. The first-order valence-electron chi connectivity index (χ1n) is 5.33. The number of para-hydroxylation sites is 1. The monoisotopic (exact) mass is 241 g/mol. The summed E-state index contributed by atoms with van der Waals surface area (Å²) in [7, 11) is 0. The van der Waals surface area contributed by atoms with Crippen molar-refractivity contribution < 1.29 is 15.0 Å². The molecule has 0 saturated carbocycles. The van der Waals surface area contributed by atoms with Crippen molar-refractivity contribution in [2.24, 2.45) is 4.99 Å². The van der Waals surface area contributed by atoms with E-state index in [-0.39, 0.29) is 17.0 Å². The van der Waals surface area contributed by atoms with Crippen LogP contribution in [-0.2, 0) is 0 Å². The molecule has 0 atom stereocenters. The van der Waals surface area contributed by atoms with E-state index < -0.39 is 5.97 Å². The van der Waals surface area contributed by atoms with Gasteiger partial charge in [0.1, 0.15) is 11.4 Å². The van der Waals surface area contributed by atoms with Gasteiger partial charge in [0.2, 0.25) is 0 Å². The van der Waals surface area contributed by atoms with Gasteiger partial charge in [-0.1, -0.05) is 36.4 Å². The Morgan fingerprint density at radius 3 is 2.44 bits per heavy atom. The van der Waals surface area contributed by atoms with Crippen LogP contribution in [0.25, 0.3) is 0 Å². The smallest absolute Gasteiger partial charge is 0.338 e.